The van der Waals surface area contributed by atoms with Gasteiger partial charge in [0, 0.05) is 0 Å². The molecule has 0 saturated heterocycles. The summed E-state index contributed by atoms with van der Waals surface area (Å²) >= 11 is 0. The van der Waals surface area contributed by atoms with Gasteiger partial charge in [-0.25, -0.2) is 0 Å². The van der Waals surface area contributed by atoms with Gasteiger partial charge in [0.05, 0.1) is 5.71 Å². The van der Waals surface area contributed by atoms with E-state index in [1.54, 1.807) is 0 Å². The van der Waals surface area contributed by atoms with Gasteiger partial charge in [-0.15, -0.1) is 0 Å². The van der Waals surface area contributed by atoms with E-state index in [0.717, 1.165) is 12.1 Å². The van der Waals surface area contributed by atoms with Crippen LogP contribution in [0.2, 0.25) is 0 Å². The molecule has 1 saturated carbocycles. The van der Waals surface area contributed by atoms with Crippen molar-refractivity contribution in [1.29, 1.82) is 0 Å². The highest BCUT2D eigenvalue weighted by Gasteiger charge is 2.13. The van der Waals surface area contributed by atoms with Crippen molar-refractivity contribution in [2.75, 3.05) is 0 Å². The van der Waals surface area contributed by atoms with Crippen LogP contribution in [0.15, 0.2) is 5.16 Å². The molecule has 1 aliphatic carbocycles. The monoisotopic (exact) mass is 141 g/mol. The minimum atomic E-state index is 0.507. The van der Waals surface area contributed by atoms with Crippen molar-refractivity contribution in [3.05, 3.63) is 0 Å². The smallest absolute Gasteiger partial charge is 0.0598 e. The van der Waals surface area contributed by atoms with Crippen LogP contribution in [0.25, 0.3) is 0 Å². The summed E-state index contributed by atoms with van der Waals surface area (Å²) in [4.78, 5) is 0. The first-order valence-corrected chi connectivity index (χ1v) is 4.05. The van der Waals surface area contributed by atoms with E-state index in [1.165, 1.54) is 25.7 Å². The second kappa shape index (κ2) is 3.59. The topological polar surface area (TPSA) is 32.6 Å². The fraction of sp³-hybridized carbons (Fsp3) is 0.875. The van der Waals surface area contributed by atoms with Crippen LogP contribution < -0.4 is 0 Å². The Morgan fingerprint density at radius 3 is 2.90 bits per heavy atom. The predicted molar refractivity (Wildman–Crippen MR) is 41.5 cm³/mol. The third-order valence-corrected chi connectivity index (χ3v) is 2.27. The number of oxime groups is 1. The van der Waals surface area contributed by atoms with Gasteiger partial charge in [-0.05, 0) is 25.2 Å². The molecule has 0 aromatic rings. The summed E-state index contributed by atoms with van der Waals surface area (Å²) < 4.78 is 0. The molecule has 1 N–H and O–H groups in total. The molecule has 0 radical (unpaired) electrons. The second-order valence-corrected chi connectivity index (χ2v) is 3.09. The van der Waals surface area contributed by atoms with E-state index in [9.17, 15) is 0 Å². The second-order valence-electron chi connectivity index (χ2n) is 3.09. The predicted octanol–water partition coefficient (Wildman–Crippen LogP) is 2.42. The van der Waals surface area contributed by atoms with E-state index in [4.69, 9.17) is 5.21 Å². The first-order valence-electron chi connectivity index (χ1n) is 4.05. The molecule has 0 aliphatic heterocycles. The lowest BCUT2D eigenvalue weighted by atomic mass is 10.0. The summed E-state index contributed by atoms with van der Waals surface area (Å²) in [5, 5.41) is 11.9. The van der Waals surface area contributed by atoms with Gasteiger partial charge < -0.3 is 5.21 Å². The first kappa shape index (κ1) is 7.58. The van der Waals surface area contributed by atoms with E-state index >= 15 is 0 Å². The van der Waals surface area contributed by atoms with E-state index in [0.29, 0.717) is 5.92 Å². The Morgan fingerprint density at radius 1 is 1.40 bits per heavy atom. The number of hydrogen-bond donors (Lipinski definition) is 1. The van der Waals surface area contributed by atoms with Gasteiger partial charge in [0.25, 0.3) is 0 Å². The molecule has 0 bridgehead atoms. The summed E-state index contributed by atoms with van der Waals surface area (Å²) in [7, 11) is 0. The van der Waals surface area contributed by atoms with E-state index in [1.807, 2.05) is 0 Å². The van der Waals surface area contributed by atoms with Crippen molar-refractivity contribution in [3.8, 4) is 0 Å². The van der Waals surface area contributed by atoms with Crippen molar-refractivity contribution >= 4 is 5.71 Å². The van der Waals surface area contributed by atoms with Crippen molar-refractivity contribution in [2.45, 2.75) is 39.0 Å². The molecule has 10 heavy (non-hydrogen) atoms. The minimum Gasteiger partial charge on any atom is -0.411 e. The number of rotatable bonds is 0. The molecule has 1 unspecified atom stereocenters. The van der Waals surface area contributed by atoms with Gasteiger partial charge in [0.15, 0.2) is 0 Å². The Labute approximate surface area is 61.9 Å². The van der Waals surface area contributed by atoms with Gasteiger partial charge in [-0.3, -0.25) is 0 Å². The fourth-order valence-corrected chi connectivity index (χ4v) is 1.49. The molecule has 0 spiro atoms. The molecule has 2 nitrogen and oxygen atoms in total. The van der Waals surface area contributed by atoms with Crippen LogP contribution in [0.4, 0.5) is 0 Å². The van der Waals surface area contributed by atoms with Gasteiger partial charge in [0.1, 0.15) is 0 Å². The quantitative estimate of drug-likeness (QED) is 0.313. The third-order valence-electron chi connectivity index (χ3n) is 2.27. The fourth-order valence-electron chi connectivity index (χ4n) is 1.49. The standard InChI is InChI=1S/C8H15NO/c1-7-5-3-2-4-6-8(7)9-10/h7,10H,2-6H2,1H3/b9-8+. The average Bonchev–Trinajstić information content (AvgIpc) is 2.13. The molecule has 58 valence electrons. The molecule has 1 aliphatic rings. The molecule has 1 atom stereocenters. The Morgan fingerprint density at radius 2 is 2.20 bits per heavy atom. The number of hydrogen-bond acceptors (Lipinski definition) is 2. The minimum absolute atomic E-state index is 0.507. The van der Waals surface area contributed by atoms with Crippen molar-refractivity contribution < 1.29 is 5.21 Å². The SMILES string of the molecule is CC1CCCCC/C1=N\O. The maximum atomic E-state index is 8.57. The van der Waals surface area contributed by atoms with Crippen molar-refractivity contribution in [3.63, 3.8) is 0 Å². The highest BCUT2D eigenvalue weighted by Crippen LogP contribution is 2.19. The van der Waals surface area contributed by atoms with Crippen LogP contribution in [0.5, 0.6) is 0 Å². The lowest BCUT2D eigenvalue weighted by molar-refractivity contribution is 0.313. The third kappa shape index (κ3) is 1.72. The Kier molecular flexibility index (Phi) is 2.72. The highest BCUT2D eigenvalue weighted by atomic mass is 16.4. The van der Waals surface area contributed by atoms with Crippen LogP contribution in [-0.2, 0) is 0 Å². The van der Waals surface area contributed by atoms with Gasteiger partial charge in [-0.2, -0.15) is 0 Å². The van der Waals surface area contributed by atoms with Crippen LogP contribution in [0.3, 0.4) is 0 Å². The Bertz CT molecular complexity index is 131. The molecule has 1 fully saturated rings. The molecular weight excluding hydrogens is 126 g/mol. The van der Waals surface area contributed by atoms with Crippen molar-refractivity contribution in [1.82, 2.24) is 0 Å². The molecule has 0 aromatic carbocycles. The summed E-state index contributed by atoms with van der Waals surface area (Å²) in [5.41, 5.74) is 0.998. The van der Waals surface area contributed by atoms with Crippen molar-refractivity contribution in [2.24, 2.45) is 11.1 Å². The molecule has 1 rings (SSSR count). The molecular formula is C8H15NO. The summed E-state index contributed by atoms with van der Waals surface area (Å²) in [6.45, 7) is 2.14. The van der Waals surface area contributed by atoms with E-state index in [2.05, 4.69) is 12.1 Å². The average molecular weight is 141 g/mol. The molecule has 2 heteroatoms. The van der Waals surface area contributed by atoms with Crippen LogP contribution in [0.1, 0.15) is 39.0 Å². The zero-order valence-electron chi connectivity index (χ0n) is 6.51. The molecule has 0 amide bonds. The van der Waals surface area contributed by atoms with Gasteiger partial charge in [0.2, 0.25) is 0 Å². The van der Waals surface area contributed by atoms with E-state index in [-0.39, 0.29) is 0 Å². The largest absolute Gasteiger partial charge is 0.411 e. The maximum absolute atomic E-state index is 8.57. The zero-order valence-corrected chi connectivity index (χ0v) is 6.51. The van der Waals surface area contributed by atoms with Crippen LogP contribution in [-0.4, -0.2) is 10.9 Å². The summed E-state index contributed by atoms with van der Waals surface area (Å²) in [6.07, 6.45) is 5.98. The molecule has 0 heterocycles. The van der Waals surface area contributed by atoms with Crippen LogP contribution in [0, 0.1) is 5.92 Å². The highest BCUT2D eigenvalue weighted by molar-refractivity contribution is 5.86. The van der Waals surface area contributed by atoms with Gasteiger partial charge in [-0.1, -0.05) is 24.9 Å². The zero-order chi connectivity index (χ0) is 7.40. The first-order chi connectivity index (χ1) is 4.84. The summed E-state index contributed by atoms with van der Waals surface area (Å²) in [6, 6.07) is 0. The van der Waals surface area contributed by atoms with Gasteiger partial charge >= 0.3 is 0 Å². The maximum Gasteiger partial charge on any atom is 0.0598 e. The Hall–Kier alpha value is -0.530. The number of nitrogens with zero attached hydrogens (tertiary/aromatic N) is 1. The molecule has 0 aromatic heterocycles. The van der Waals surface area contributed by atoms with E-state index < -0.39 is 0 Å². The lowest BCUT2D eigenvalue weighted by Gasteiger charge is -2.06. The lowest BCUT2D eigenvalue weighted by Crippen LogP contribution is -2.08. The Balaban J connectivity index is 2.52. The normalized spacial score (nSPS) is 32.1. The van der Waals surface area contributed by atoms with Crippen LogP contribution >= 0.6 is 0 Å². The summed E-state index contributed by atoms with van der Waals surface area (Å²) in [5.74, 6) is 0.507.